The molecule has 3 amide bonds. The number of aryl methyl sites for hydroxylation is 1. The van der Waals surface area contributed by atoms with E-state index >= 15 is 4.39 Å². The number of alkyl halides is 3. The SMILES string of the molecule is C=CCOC(=O)Nc1c(-c2ccc(OCC(O/N=C(\C(=O)O)c3csc(NC(=O)OC(C)(C)C)n3)C(=O)OC(C)(C)C)cc2F)cn(CCCNC(=O)OC(C)(C)C)[n+]1C.O=S(=O)([O-])C(F)(F)F. The fraction of sp³-hybridized carbons (Fsp3) is 0.500. The van der Waals surface area contributed by atoms with E-state index in [-0.39, 0.29) is 46.7 Å². The maximum Gasteiger partial charge on any atom is 0.505 e. The van der Waals surface area contributed by atoms with Crippen LogP contribution >= 0.6 is 11.3 Å². The fourth-order valence-electron chi connectivity index (χ4n) is 4.80. The number of alkyl carbamates (subject to hydrolysis) is 1. The number of carboxylic acid groups (broad SMARTS) is 1. The van der Waals surface area contributed by atoms with Crippen molar-refractivity contribution >= 4 is 68.3 Å². The Bertz CT molecular complexity index is 2420. The van der Waals surface area contributed by atoms with Gasteiger partial charge in [0.1, 0.15) is 54.3 Å². The lowest BCUT2D eigenvalue weighted by atomic mass is 10.1. The number of oxime groups is 1. The number of ether oxygens (including phenoxy) is 5. The maximum absolute atomic E-state index is 16.0. The zero-order valence-electron chi connectivity index (χ0n) is 38.6. The highest BCUT2D eigenvalue weighted by Crippen LogP contribution is 2.31. The topological polar surface area (TPSA) is 288 Å². The van der Waals surface area contributed by atoms with Crippen molar-refractivity contribution in [2.45, 2.75) is 104 Å². The first-order valence-corrected chi connectivity index (χ1v) is 22.1. The summed E-state index contributed by atoms with van der Waals surface area (Å²) in [5.74, 6) is -3.17. The predicted octanol–water partition coefficient (Wildman–Crippen LogP) is 6.22. The molecule has 0 bridgehead atoms. The zero-order chi connectivity index (χ0) is 52.0. The van der Waals surface area contributed by atoms with E-state index in [4.69, 9.17) is 41.5 Å². The Hall–Kier alpha value is -6.55. The van der Waals surface area contributed by atoms with Gasteiger partial charge in [-0.05, 0) is 80.9 Å². The van der Waals surface area contributed by atoms with Crippen LogP contribution in [0.15, 0.2) is 47.6 Å². The van der Waals surface area contributed by atoms with E-state index in [0.717, 1.165) is 17.4 Å². The highest BCUT2D eigenvalue weighted by molar-refractivity contribution is 7.86. The van der Waals surface area contributed by atoms with Gasteiger partial charge >= 0.3 is 41.5 Å². The van der Waals surface area contributed by atoms with E-state index in [1.165, 1.54) is 23.6 Å². The molecule has 1 atom stereocenters. The van der Waals surface area contributed by atoms with Crippen molar-refractivity contribution in [1.29, 1.82) is 0 Å². The predicted molar refractivity (Wildman–Crippen MR) is 233 cm³/mol. The van der Waals surface area contributed by atoms with Crippen LogP contribution in [-0.4, -0.2) is 112 Å². The molecule has 1 unspecified atom stereocenters. The molecule has 1 aromatic carbocycles. The molecule has 0 saturated carbocycles. The summed E-state index contributed by atoms with van der Waals surface area (Å²) in [7, 11) is -4.44. The summed E-state index contributed by atoms with van der Waals surface area (Å²) in [5.41, 5.74) is -8.66. The van der Waals surface area contributed by atoms with Gasteiger partial charge in [0.2, 0.25) is 5.71 Å². The van der Waals surface area contributed by atoms with Gasteiger partial charge in [-0.3, -0.25) is 5.32 Å². The number of halogens is 4. The van der Waals surface area contributed by atoms with E-state index < -0.39 is 86.9 Å². The second kappa shape index (κ2) is 23.9. The molecule has 378 valence electrons. The lowest BCUT2D eigenvalue weighted by Crippen LogP contribution is -2.42. The third-order valence-electron chi connectivity index (χ3n) is 7.44. The molecule has 22 nitrogen and oxygen atoms in total. The van der Waals surface area contributed by atoms with Gasteiger partial charge in [0.15, 0.2) is 15.2 Å². The molecule has 3 rings (SSSR count). The largest absolute Gasteiger partial charge is 0.741 e. The number of carbonyl (C=O) groups excluding carboxylic acids is 4. The van der Waals surface area contributed by atoms with Crippen LogP contribution in [0.1, 0.15) is 74.4 Å². The Balaban J connectivity index is 0.00000181. The molecule has 3 aromatic rings. The van der Waals surface area contributed by atoms with E-state index in [2.05, 4.69) is 32.7 Å². The van der Waals surface area contributed by atoms with Gasteiger partial charge in [-0.2, -0.15) is 28.0 Å². The molecule has 0 aliphatic rings. The van der Waals surface area contributed by atoms with Gasteiger partial charge in [0.05, 0.1) is 18.3 Å². The number of carbonyl (C=O) groups is 5. The molecule has 2 aromatic heterocycles. The van der Waals surface area contributed by atoms with Crippen LogP contribution in [0.3, 0.4) is 0 Å². The number of amides is 3. The highest BCUT2D eigenvalue weighted by Gasteiger charge is 2.37. The van der Waals surface area contributed by atoms with Gasteiger partial charge in [0, 0.05) is 23.6 Å². The number of hydrogen-bond acceptors (Lipinski definition) is 17. The first kappa shape index (κ1) is 57.6. The summed E-state index contributed by atoms with van der Waals surface area (Å²) in [6.07, 6.45) is -0.388. The molecule has 0 saturated heterocycles. The number of nitrogens with zero attached hydrogens (tertiary/aromatic N) is 4. The van der Waals surface area contributed by atoms with Gasteiger partial charge in [-0.15, -0.1) is 11.3 Å². The monoisotopic (exact) mass is 1010 g/mol. The molecule has 0 fully saturated rings. The molecule has 4 N–H and O–H groups in total. The van der Waals surface area contributed by atoms with E-state index in [1.807, 2.05) is 0 Å². The number of rotatable bonds is 17. The molecule has 0 aliphatic carbocycles. The van der Waals surface area contributed by atoms with Crippen molar-refractivity contribution in [1.82, 2.24) is 15.0 Å². The van der Waals surface area contributed by atoms with Crippen LogP contribution in [0.4, 0.5) is 42.9 Å². The van der Waals surface area contributed by atoms with Crippen LogP contribution < -0.4 is 25.4 Å². The van der Waals surface area contributed by atoms with Crippen molar-refractivity contribution in [2.24, 2.45) is 12.2 Å². The zero-order valence-corrected chi connectivity index (χ0v) is 40.2. The van der Waals surface area contributed by atoms with E-state index in [0.29, 0.717) is 13.0 Å². The first-order chi connectivity index (χ1) is 31.1. The minimum atomic E-state index is -6.09. The van der Waals surface area contributed by atoms with Gasteiger partial charge < -0.3 is 43.5 Å². The number of aromatic nitrogens is 3. The lowest BCUT2D eigenvalue weighted by Gasteiger charge is -2.23. The summed E-state index contributed by atoms with van der Waals surface area (Å²) in [6.45, 7) is 18.5. The number of esters is 1. The second-order valence-corrected chi connectivity index (χ2v) is 19.0. The molecular weight excluding hydrogens is 959 g/mol. The number of hydrogen-bond donors (Lipinski definition) is 4. The number of nitrogens with one attached hydrogen (secondary N) is 3. The third kappa shape index (κ3) is 20.1. The molecule has 0 aliphatic heterocycles. The van der Waals surface area contributed by atoms with Gasteiger partial charge in [-0.25, -0.2) is 41.7 Å². The van der Waals surface area contributed by atoms with Crippen LogP contribution in [0, 0.1) is 5.82 Å². The molecule has 0 spiro atoms. The number of anilines is 2. The number of benzene rings is 1. The highest BCUT2D eigenvalue weighted by atomic mass is 32.2. The smallest absolute Gasteiger partial charge is 0.505 e. The molecule has 0 radical (unpaired) electrons. The first-order valence-electron chi connectivity index (χ1n) is 19.8. The molecule has 68 heavy (non-hydrogen) atoms. The summed E-state index contributed by atoms with van der Waals surface area (Å²) < 4.78 is 105. The lowest BCUT2D eigenvalue weighted by molar-refractivity contribution is -0.740. The minimum absolute atomic E-state index is 0.0131. The van der Waals surface area contributed by atoms with Gasteiger partial charge in [0.25, 0.3) is 6.10 Å². The van der Waals surface area contributed by atoms with Gasteiger partial charge in [-0.1, -0.05) is 17.8 Å². The van der Waals surface area contributed by atoms with Crippen molar-refractivity contribution in [2.75, 3.05) is 30.4 Å². The summed E-state index contributed by atoms with van der Waals surface area (Å²) in [4.78, 5) is 71.6. The van der Waals surface area contributed by atoms with Crippen LogP contribution in [-0.2, 0) is 57.1 Å². The number of aliphatic carboxylic acids is 1. The molecule has 2 heterocycles. The fourth-order valence-corrected chi connectivity index (χ4v) is 5.48. The van der Waals surface area contributed by atoms with Crippen molar-refractivity contribution < 1.29 is 92.8 Å². The second-order valence-electron chi connectivity index (χ2n) is 16.8. The Morgan fingerprint density at radius 1 is 0.956 bits per heavy atom. The number of carboxylic acids is 1. The third-order valence-corrected chi connectivity index (χ3v) is 8.77. The Morgan fingerprint density at radius 2 is 1.54 bits per heavy atom. The molecule has 28 heteroatoms. The number of thiazole rings is 1. The Kier molecular flexibility index (Phi) is 20.3. The van der Waals surface area contributed by atoms with E-state index in [9.17, 15) is 42.3 Å². The van der Waals surface area contributed by atoms with Crippen LogP contribution in [0.2, 0.25) is 0 Å². The quantitative estimate of drug-likeness (QED) is 0.0112. The summed E-state index contributed by atoms with van der Waals surface area (Å²) >= 11 is 0.896. The summed E-state index contributed by atoms with van der Waals surface area (Å²) in [5, 5.41) is 22.6. The average Bonchev–Trinajstić information content (AvgIpc) is 3.74. The van der Waals surface area contributed by atoms with Crippen molar-refractivity contribution in [3.05, 3.63) is 53.9 Å². The van der Waals surface area contributed by atoms with Crippen molar-refractivity contribution in [3.8, 4) is 16.9 Å². The molecular formula is C40H53F4N7O15S2. The normalized spacial score (nSPS) is 12.6. The van der Waals surface area contributed by atoms with E-state index in [1.54, 1.807) is 84.9 Å². The van der Waals surface area contributed by atoms with Crippen LogP contribution in [0.5, 0.6) is 5.75 Å². The standard InChI is InChI=1S/C39H52FN7O12S.CHF3O3S/c1-12-18-54-35(52)43-30-25(20-47(46(30)11)17-13-16-41-34(51)57-38(5,6)7)24-15-14-23(19-26(24)40)55-21-28(32(50)56-37(2,3)4)59-45-29(31(48)49)27-22-60-33(42-27)44-36(53)58-39(8,9)10;2-1(3,4)8(5,6)7/h12,14-15,19-20,22,28H,1,13,16-18,21H2,2-11H3,(H3,41,42,44,48,49,51,53);(H,5,6,7)/b45-29-;. The summed E-state index contributed by atoms with van der Waals surface area (Å²) in [6, 6.07) is 3.85. The Labute approximate surface area is 392 Å². The minimum Gasteiger partial charge on any atom is -0.741 e. The maximum atomic E-state index is 16.0. The van der Waals surface area contributed by atoms with Crippen LogP contribution in [0.25, 0.3) is 11.1 Å². The average molecular weight is 1010 g/mol. The Morgan fingerprint density at radius 3 is 2.07 bits per heavy atom. The van der Waals surface area contributed by atoms with Crippen molar-refractivity contribution in [3.63, 3.8) is 0 Å².